The van der Waals surface area contributed by atoms with E-state index in [1.165, 1.54) is 5.56 Å². The van der Waals surface area contributed by atoms with Crippen LogP contribution in [0.2, 0.25) is 0 Å². The summed E-state index contributed by atoms with van der Waals surface area (Å²) >= 11 is 0. The van der Waals surface area contributed by atoms with E-state index in [4.69, 9.17) is 4.74 Å². The smallest absolute Gasteiger partial charge is 0.127 e. The number of nitrogens with one attached hydrogen (secondary N) is 2. The highest BCUT2D eigenvalue weighted by molar-refractivity contribution is 5.33. The normalized spacial score (nSPS) is 10.5. The molecule has 106 valence electrons. The van der Waals surface area contributed by atoms with Crippen LogP contribution in [0.5, 0.6) is 11.5 Å². The lowest BCUT2D eigenvalue weighted by Crippen LogP contribution is -2.12. The maximum absolute atomic E-state index is 5.83. The molecule has 0 aliphatic rings. The fraction of sp³-hybridized carbons (Fsp3) is 0.118. The summed E-state index contributed by atoms with van der Waals surface area (Å²) in [7, 11) is 0. The molecule has 0 amide bonds. The molecule has 2 N–H and O–H groups in total. The number of imidazole rings is 1. The van der Waals surface area contributed by atoms with E-state index in [9.17, 15) is 0 Å². The van der Waals surface area contributed by atoms with Crippen molar-refractivity contribution in [1.29, 1.82) is 0 Å². The van der Waals surface area contributed by atoms with Crippen LogP contribution < -0.4 is 10.1 Å². The molecule has 3 aromatic rings. The first kappa shape index (κ1) is 13.4. The molecule has 0 saturated carbocycles. The Morgan fingerprint density at radius 3 is 2.62 bits per heavy atom. The molecule has 4 nitrogen and oxygen atoms in total. The lowest BCUT2D eigenvalue weighted by atomic mass is 10.2. The minimum absolute atomic E-state index is 0.768. The van der Waals surface area contributed by atoms with Crippen LogP contribution in [0.25, 0.3) is 0 Å². The molecule has 0 atom stereocenters. The fourth-order valence-electron chi connectivity index (χ4n) is 2.07. The number of rotatable bonds is 6. The summed E-state index contributed by atoms with van der Waals surface area (Å²) in [4.78, 5) is 7.06. The van der Waals surface area contributed by atoms with Gasteiger partial charge in [0, 0.05) is 25.0 Å². The van der Waals surface area contributed by atoms with Gasteiger partial charge < -0.3 is 15.0 Å². The molecule has 3 rings (SSSR count). The number of aromatic amines is 1. The summed E-state index contributed by atoms with van der Waals surface area (Å²) in [6.07, 6.45) is 3.51. The van der Waals surface area contributed by atoms with Crippen LogP contribution in [0.15, 0.2) is 67.1 Å². The lowest BCUT2D eigenvalue weighted by Gasteiger charge is -2.08. The van der Waals surface area contributed by atoms with Crippen molar-refractivity contribution in [1.82, 2.24) is 15.3 Å². The van der Waals surface area contributed by atoms with Gasteiger partial charge in [0.15, 0.2) is 0 Å². The molecule has 0 saturated heterocycles. The Morgan fingerprint density at radius 2 is 1.81 bits per heavy atom. The Labute approximate surface area is 123 Å². The van der Waals surface area contributed by atoms with Crippen LogP contribution in [0, 0.1) is 0 Å². The van der Waals surface area contributed by atoms with Gasteiger partial charge in [-0.2, -0.15) is 0 Å². The van der Waals surface area contributed by atoms with E-state index in [0.717, 1.165) is 30.3 Å². The summed E-state index contributed by atoms with van der Waals surface area (Å²) in [6, 6.07) is 17.9. The predicted molar refractivity (Wildman–Crippen MR) is 82.1 cm³/mol. The second-order valence-electron chi connectivity index (χ2n) is 4.74. The standard InChI is InChI=1S/C17H17N3O/c1-2-6-16(7-3-1)21-17-8-4-5-14(9-17)10-18-11-15-12-19-13-20-15/h1-9,12-13,18H,10-11H2,(H,19,20). The average molecular weight is 279 g/mol. The Hall–Kier alpha value is -2.59. The minimum atomic E-state index is 0.768. The second kappa shape index (κ2) is 6.72. The van der Waals surface area contributed by atoms with Crippen LogP contribution in [0.1, 0.15) is 11.3 Å². The maximum atomic E-state index is 5.83. The molecular formula is C17H17N3O. The second-order valence-corrected chi connectivity index (χ2v) is 4.74. The van der Waals surface area contributed by atoms with Gasteiger partial charge in [-0.15, -0.1) is 0 Å². The zero-order chi connectivity index (χ0) is 14.3. The Kier molecular flexibility index (Phi) is 4.29. The summed E-state index contributed by atoms with van der Waals surface area (Å²) in [5, 5.41) is 3.37. The number of aromatic nitrogens is 2. The highest BCUT2D eigenvalue weighted by Gasteiger charge is 1.99. The molecule has 21 heavy (non-hydrogen) atoms. The highest BCUT2D eigenvalue weighted by Crippen LogP contribution is 2.21. The third kappa shape index (κ3) is 3.94. The number of nitrogens with zero attached hydrogens (tertiary/aromatic N) is 1. The topological polar surface area (TPSA) is 49.9 Å². The number of para-hydroxylation sites is 1. The van der Waals surface area contributed by atoms with Crippen molar-refractivity contribution < 1.29 is 4.74 Å². The third-order valence-electron chi connectivity index (χ3n) is 3.08. The van der Waals surface area contributed by atoms with E-state index in [1.54, 1.807) is 6.33 Å². The average Bonchev–Trinajstić information content (AvgIpc) is 3.02. The first-order valence-electron chi connectivity index (χ1n) is 6.90. The highest BCUT2D eigenvalue weighted by atomic mass is 16.5. The lowest BCUT2D eigenvalue weighted by molar-refractivity contribution is 0.481. The summed E-state index contributed by atoms with van der Waals surface area (Å²) in [5.74, 6) is 1.70. The molecule has 1 aromatic heterocycles. The van der Waals surface area contributed by atoms with Crippen molar-refractivity contribution in [3.8, 4) is 11.5 Å². The minimum Gasteiger partial charge on any atom is -0.457 e. The molecule has 0 radical (unpaired) electrons. The van der Waals surface area contributed by atoms with E-state index in [-0.39, 0.29) is 0 Å². The monoisotopic (exact) mass is 279 g/mol. The van der Waals surface area contributed by atoms with Gasteiger partial charge in [0.2, 0.25) is 0 Å². The molecular weight excluding hydrogens is 262 g/mol. The SMILES string of the molecule is c1ccc(Oc2cccc(CNCc3cnc[nH]3)c2)cc1. The molecule has 0 aliphatic carbocycles. The number of benzene rings is 2. The fourth-order valence-corrected chi connectivity index (χ4v) is 2.07. The van der Waals surface area contributed by atoms with Crippen LogP contribution >= 0.6 is 0 Å². The first-order chi connectivity index (χ1) is 10.4. The first-order valence-corrected chi connectivity index (χ1v) is 6.90. The third-order valence-corrected chi connectivity index (χ3v) is 3.08. The van der Waals surface area contributed by atoms with Crippen LogP contribution in [0.3, 0.4) is 0 Å². The van der Waals surface area contributed by atoms with Crippen molar-refractivity contribution in [2.75, 3.05) is 0 Å². The Morgan fingerprint density at radius 1 is 0.952 bits per heavy atom. The van der Waals surface area contributed by atoms with Gasteiger partial charge in [-0.25, -0.2) is 4.98 Å². The van der Waals surface area contributed by atoms with Gasteiger partial charge in [0.05, 0.1) is 6.33 Å². The maximum Gasteiger partial charge on any atom is 0.127 e. The van der Waals surface area contributed by atoms with Crippen molar-refractivity contribution in [3.63, 3.8) is 0 Å². The van der Waals surface area contributed by atoms with E-state index in [1.807, 2.05) is 54.7 Å². The molecule has 0 spiro atoms. The van der Waals surface area contributed by atoms with E-state index in [0.29, 0.717) is 0 Å². The molecule has 0 unspecified atom stereocenters. The van der Waals surface area contributed by atoms with Gasteiger partial charge in [0.25, 0.3) is 0 Å². The van der Waals surface area contributed by atoms with Crippen LogP contribution in [-0.4, -0.2) is 9.97 Å². The van der Waals surface area contributed by atoms with Gasteiger partial charge in [-0.05, 0) is 29.8 Å². The molecule has 2 aromatic carbocycles. The number of ether oxygens (including phenoxy) is 1. The quantitative estimate of drug-likeness (QED) is 0.726. The van der Waals surface area contributed by atoms with Gasteiger partial charge in [0.1, 0.15) is 11.5 Å². The van der Waals surface area contributed by atoms with E-state index in [2.05, 4.69) is 21.4 Å². The van der Waals surface area contributed by atoms with Crippen LogP contribution in [0.4, 0.5) is 0 Å². The molecule has 0 aliphatic heterocycles. The number of hydrogen-bond acceptors (Lipinski definition) is 3. The van der Waals surface area contributed by atoms with Gasteiger partial charge >= 0.3 is 0 Å². The number of hydrogen-bond donors (Lipinski definition) is 2. The zero-order valence-electron chi connectivity index (χ0n) is 11.6. The molecule has 4 heteroatoms. The summed E-state index contributed by atoms with van der Waals surface area (Å²) in [6.45, 7) is 1.55. The number of H-pyrrole nitrogens is 1. The van der Waals surface area contributed by atoms with E-state index < -0.39 is 0 Å². The zero-order valence-corrected chi connectivity index (χ0v) is 11.6. The van der Waals surface area contributed by atoms with Crippen molar-refractivity contribution in [2.45, 2.75) is 13.1 Å². The van der Waals surface area contributed by atoms with Crippen molar-refractivity contribution in [3.05, 3.63) is 78.4 Å². The molecule has 0 bridgehead atoms. The molecule has 0 fully saturated rings. The summed E-state index contributed by atoms with van der Waals surface area (Å²) < 4.78 is 5.83. The van der Waals surface area contributed by atoms with Gasteiger partial charge in [-0.3, -0.25) is 0 Å². The summed E-state index contributed by atoms with van der Waals surface area (Å²) in [5.41, 5.74) is 2.26. The van der Waals surface area contributed by atoms with Crippen LogP contribution in [-0.2, 0) is 13.1 Å². The van der Waals surface area contributed by atoms with Crippen molar-refractivity contribution in [2.24, 2.45) is 0 Å². The molecule has 1 heterocycles. The van der Waals surface area contributed by atoms with Crippen molar-refractivity contribution >= 4 is 0 Å². The Balaban J connectivity index is 1.58. The largest absolute Gasteiger partial charge is 0.457 e. The van der Waals surface area contributed by atoms with Gasteiger partial charge in [-0.1, -0.05) is 30.3 Å². The Bertz CT molecular complexity index is 666. The predicted octanol–water partition coefficient (Wildman–Crippen LogP) is 3.49. The van der Waals surface area contributed by atoms with E-state index >= 15 is 0 Å².